The van der Waals surface area contributed by atoms with Crippen molar-refractivity contribution in [2.45, 2.75) is 367 Å². The molecule has 10 heteroatoms. The predicted octanol–water partition coefficient (Wildman–Crippen LogP) is 21.6. The Morgan fingerprint density at radius 3 is 1.05 bits per heavy atom. The molecule has 0 spiro atoms. The van der Waals surface area contributed by atoms with Crippen LogP contribution in [0.5, 0.6) is 0 Å². The van der Waals surface area contributed by atoms with E-state index in [1.807, 2.05) is 33.3 Å². The zero-order chi connectivity index (χ0) is 59.3. The van der Waals surface area contributed by atoms with Crippen LogP contribution in [0.3, 0.4) is 0 Å². The standard InChI is InChI=1S/C71H137N2O7P/c1-7-10-13-16-19-22-25-28-30-32-33-34-35-36-37-38-39-40-41-42-44-46-49-52-55-58-61-64-71(75)80-69(62-59-56-53-50-47-27-24-21-18-15-12-9-3)68(67-79-81(76,77)78-66-65-73(4,5)6)72-70(74)63-60-57-54-51-48-45-43-31-29-26-23-20-17-14-11-8-2/h28,30-31,43,59,62,68-69H,7-27,29,32-42,44-58,60-61,63-67H2,1-6H3,(H-,72,74,76,77)/b30-28+,43-31+,62-59-. The van der Waals surface area contributed by atoms with Crippen LogP contribution in [0, 0.1) is 0 Å². The zero-order valence-electron chi connectivity index (χ0n) is 54.8. The number of ether oxygens (including phenoxy) is 1. The van der Waals surface area contributed by atoms with Crippen molar-refractivity contribution >= 4 is 19.7 Å². The maximum Gasteiger partial charge on any atom is 0.306 e. The van der Waals surface area contributed by atoms with Crippen LogP contribution in [0.15, 0.2) is 36.5 Å². The number of amides is 1. The number of likely N-dealkylation sites (N-methyl/N-ethyl adjacent to an activating group) is 1. The second kappa shape index (κ2) is 61.3. The Bertz CT molecular complexity index is 1480. The van der Waals surface area contributed by atoms with Gasteiger partial charge in [0.1, 0.15) is 19.3 Å². The van der Waals surface area contributed by atoms with Crippen molar-refractivity contribution in [2.75, 3.05) is 40.9 Å². The number of phosphoric acid groups is 1. The summed E-state index contributed by atoms with van der Waals surface area (Å²) in [7, 11) is 1.19. The smallest absolute Gasteiger partial charge is 0.306 e. The number of esters is 1. The van der Waals surface area contributed by atoms with E-state index in [2.05, 4.69) is 50.4 Å². The van der Waals surface area contributed by atoms with Gasteiger partial charge in [-0.05, 0) is 83.1 Å². The minimum Gasteiger partial charge on any atom is -0.756 e. The van der Waals surface area contributed by atoms with E-state index in [4.69, 9.17) is 13.8 Å². The molecule has 0 rings (SSSR count). The van der Waals surface area contributed by atoms with Crippen molar-refractivity contribution < 1.29 is 37.3 Å². The van der Waals surface area contributed by atoms with Crippen molar-refractivity contribution in [2.24, 2.45) is 0 Å². The maximum absolute atomic E-state index is 13.6. The fourth-order valence-corrected chi connectivity index (χ4v) is 11.3. The maximum atomic E-state index is 13.6. The third-order valence-electron chi connectivity index (χ3n) is 16.0. The van der Waals surface area contributed by atoms with E-state index >= 15 is 0 Å². The summed E-state index contributed by atoms with van der Waals surface area (Å²) < 4.78 is 30.4. The number of nitrogens with one attached hydrogen (secondary N) is 1. The van der Waals surface area contributed by atoms with E-state index < -0.39 is 20.0 Å². The number of hydrogen-bond donors (Lipinski definition) is 1. The van der Waals surface area contributed by atoms with Gasteiger partial charge in [-0.15, -0.1) is 0 Å². The summed E-state index contributed by atoms with van der Waals surface area (Å²) in [6.45, 7) is 6.88. The van der Waals surface area contributed by atoms with Crippen LogP contribution in [0.1, 0.15) is 355 Å². The number of rotatable bonds is 65. The lowest BCUT2D eigenvalue weighted by Gasteiger charge is -2.30. The van der Waals surface area contributed by atoms with Gasteiger partial charge in [-0.1, -0.05) is 295 Å². The predicted molar refractivity (Wildman–Crippen MR) is 349 cm³/mol. The number of unbranched alkanes of at least 4 members (excludes halogenated alkanes) is 45. The molecule has 0 aliphatic heterocycles. The fraction of sp³-hybridized carbons (Fsp3) is 0.887. The van der Waals surface area contributed by atoms with Crippen molar-refractivity contribution in [3.8, 4) is 0 Å². The molecule has 0 aromatic heterocycles. The monoisotopic (exact) mass is 1160 g/mol. The summed E-state index contributed by atoms with van der Waals surface area (Å²) in [6, 6.07) is -0.889. The highest BCUT2D eigenvalue weighted by Crippen LogP contribution is 2.38. The average molecular weight is 1160 g/mol. The molecule has 478 valence electrons. The van der Waals surface area contributed by atoms with Crippen molar-refractivity contribution in [1.29, 1.82) is 0 Å². The van der Waals surface area contributed by atoms with E-state index in [1.54, 1.807) is 0 Å². The van der Waals surface area contributed by atoms with Crippen LogP contribution in [0.4, 0.5) is 0 Å². The molecule has 0 aliphatic rings. The second-order valence-corrected chi connectivity index (χ2v) is 26.8. The fourth-order valence-electron chi connectivity index (χ4n) is 10.6. The van der Waals surface area contributed by atoms with Crippen LogP contribution < -0.4 is 10.2 Å². The molecule has 0 aromatic carbocycles. The van der Waals surface area contributed by atoms with Gasteiger partial charge in [-0.25, -0.2) is 0 Å². The summed E-state index contributed by atoms with van der Waals surface area (Å²) in [6.07, 6.45) is 75.6. The van der Waals surface area contributed by atoms with Crippen LogP contribution in [-0.2, 0) is 27.9 Å². The molecular formula is C71H137N2O7P. The molecule has 3 atom stereocenters. The van der Waals surface area contributed by atoms with Gasteiger partial charge in [-0.2, -0.15) is 0 Å². The van der Waals surface area contributed by atoms with E-state index in [1.165, 1.54) is 244 Å². The first kappa shape index (κ1) is 79.2. The molecule has 0 saturated heterocycles. The lowest BCUT2D eigenvalue weighted by molar-refractivity contribution is -0.870. The van der Waals surface area contributed by atoms with E-state index in [0.29, 0.717) is 17.4 Å². The van der Waals surface area contributed by atoms with Crippen LogP contribution in [0.2, 0.25) is 0 Å². The molecule has 0 heterocycles. The van der Waals surface area contributed by atoms with Gasteiger partial charge >= 0.3 is 5.97 Å². The van der Waals surface area contributed by atoms with E-state index in [9.17, 15) is 19.0 Å². The molecule has 0 aliphatic carbocycles. The number of nitrogens with zero attached hydrogens (tertiary/aromatic N) is 1. The largest absolute Gasteiger partial charge is 0.756 e. The molecule has 9 nitrogen and oxygen atoms in total. The van der Waals surface area contributed by atoms with Crippen LogP contribution in [-0.4, -0.2) is 69.4 Å². The molecule has 0 radical (unpaired) electrons. The first-order valence-electron chi connectivity index (χ1n) is 35.3. The molecule has 0 saturated carbocycles. The zero-order valence-corrected chi connectivity index (χ0v) is 55.7. The summed E-state index contributed by atoms with van der Waals surface area (Å²) in [5.41, 5.74) is 0. The summed E-state index contributed by atoms with van der Waals surface area (Å²) in [5, 5.41) is 3.04. The van der Waals surface area contributed by atoms with E-state index in [-0.39, 0.29) is 31.5 Å². The molecule has 0 aromatic rings. The quantitative estimate of drug-likeness (QED) is 0.0212. The third kappa shape index (κ3) is 62.6. The Balaban J connectivity index is 4.99. The summed E-state index contributed by atoms with van der Waals surface area (Å²) in [5.74, 6) is -0.533. The van der Waals surface area contributed by atoms with Gasteiger partial charge in [0.25, 0.3) is 7.82 Å². The van der Waals surface area contributed by atoms with Gasteiger partial charge in [0.05, 0.1) is 33.8 Å². The highest BCUT2D eigenvalue weighted by atomic mass is 31.2. The molecule has 3 unspecified atom stereocenters. The minimum absolute atomic E-state index is 0.0213. The highest BCUT2D eigenvalue weighted by Gasteiger charge is 2.27. The number of carbonyl (C=O) groups excluding carboxylic acids is 2. The number of hydrogen-bond acceptors (Lipinski definition) is 7. The van der Waals surface area contributed by atoms with Crippen LogP contribution in [0.25, 0.3) is 0 Å². The molecular weight excluding hydrogens is 1020 g/mol. The SMILES string of the molecule is CCCCCCCC/C=C/CCCCCCCCCCCCCCCCCCCC(=O)OC(/C=C\CCCCCCCCCCCC)C(COP(=O)([O-])OCC[N+](C)(C)C)NC(=O)CCCCCCC/C=C/CCCCCCCCC. The van der Waals surface area contributed by atoms with Gasteiger partial charge in [0.2, 0.25) is 5.91 Å². The first-order chi connectivity index (χ1) is 39.4. The van der Waals surface area contributed by atoms with Gasteiger partial charge < -0.3 is 28.5 Å². The summed E-state index contributed by atoms with van der Waals surface area (Å²) in [4.78, 5) is 40.1. The lowest BCUT2D eigenvalue weighted by Crippen LogP contribution is -2.47. The third-order valence-corrected chi connectivity index (χ3v) is 17.0. The highest BCUT2D eigenvalue weighted by molar-refractivity contribution is 7.45. The average Bonchev–Trinajstić information content (AvgIpc) is 3.44. The molecule has 1 amide bonds. The van der Waals surface area contributed by atoms with Crippen molar-refractivity contribution in [1.82, 2.24) is 5.32 Å². The Hall–Kier alpha value is -1.77. The van der Waals surface area contributed by atoms with Crippen LogP contribution >= 0.6 is 7.82 Å². The Morgan fingerprint density at radius 1 is 0.420 bits per heavy atom. The van der Waals surface area contributed by atoms with Gasteiger partial charge in [-0.3, -0.25) is 14.2 Å². The number of carbonyl (C=O) groups is 2. The topological polar surface area (TPSA) is 114 Å². The van der Waals surface area contributed by atoms with Gasteiger partial charge in [0, 0.05) is 12.8 Å². The second-order valence-electron chi connectivity index (χ2n) is 25.4. The molecule has 1 N–H and O–H groups in total. The molecule has 0 fully saturated rings. The van der Waals surface area contributed by atoms with Gasteiger partial charge in [0.15, 0.2) is 0 Å². The Morgan fingerprint density at radius 2 is 0.716 bits per heavy atom. The summed E-state index contributed by atoms with van der Waals surface area (Å²) >= 11 is 0. The number of phosphoric ester groups is 1. The van der Waals surface area contributed by atoms with Crippen molar-refractivity contribution in [3.63, 3.8) is 0 Å². The normalized spacial score (nSPS) is 13.7. The lowest BCUT2D eigenvalue weighted by atomic mass is 10.0. The minimum atomic E-state index is -4.70. The first-order valence-corrected chi connectivity index (χ1v) is 36.8. The van der Waals surface area contributed by atoms with Crippen molar-refractivity contribution in [3.05, 3.63) is 36.5 Å². The molecule has 0 bridgehead atoms. The Kier molecular flexibility index (Phi) is 60.0. The number of allylic oxidation sites excluding steroid dienone is 5. The van der Waals surface area contributed by atoms with E-state index in [0.717, 1.165) is 77.0 Å². The molecule has 81 heavy (non-hydrogen) atoms. The Labute approximate surface area is 504 Å². The number of quaternary nitrogens is 1.